The van der Waals surface area contributed by atoms with Crippen LogP contribution in [0.25, 0.3) is 11.1 Å². The zero-order valence-electron chi connectivity index (χ0n) is 23.8. The second-order valence-electron chi connectivity index (χ2n) is 11.0. The molecule has 5 rings (SSSR count). The minimum atomic E-state index is -0.531. The zero-order valence-corrected chi connectivity index (χ0v) is 23.8. The number of para-hydroxylation sites is 1. The predicted molar refractivity (Wildman–Crippen MR) is 163 cm³/mol. The number of aliphatic hydroxyl groups is 1. The molecule has 40 heavy (non-hydrogen) atoms. The highest BCUT2D eigenvalue weighted by molar-refractivity contribution is 5.64. The number of anilines is 1. The highest BCUT2D eigenvalue weighted by atomic mass is 16.5. The van der Waals surface area contributed by atoms with Gasteiger partial charge in [-0.05, 0) is 116 Å². The van der Waals surface area contributed by atoms with Crippen LogP contribution in [0, 0.1) is 20.8 Å². The van der Waals surface area contributed by atoms with E-state index in [1.165, 1.54) is 16.7 Å². The number of β-amino-alcohol motifs (C(OH)–C–C–N with tert-alkyl or cyclic N) is 1. The van der Waals surface area contributed by atoms with Crippen LogP contribution in [0.2, 0.25) is 0 Å². The Morgan fingerprint density at radius 1 is 0.825 bits per heavy atom. The summed E-state index contributed by atoms with van der Waals surface area (Å²) >= 11 is 0. The molecule has 4 aromatic rings. The summed E-state index contributed by atoms with van der Waals surface area (Å²) in [4.78, 5) is 2.35. The number of nitrogen functional groups attached to an aromatic ring is 1. The largest absolute Gasteiger partial charge is 0.490 e. The summed E-state index contributed by atoms with van der Waals surface area (Å²) in [6.45, 7) is 8.89. The minimum Gasteiger partial charge on any atom is -0.490 e. The summed E-state index contributed by atoms with van der Waals surface area (Å²) in [7, 11) is 0. The molecule has 1 fully saturated rings. The van der Waals surface area contributed by atoms with Crippen molar-refractivity contribution in [3.8, 4) is 28.4 Å². The van der Waals surface area contributed by atoms with Gasteiger partial charge >= 0.3 is 0 Å². The topological polar surface area (TPSA) is 68.0 Å². The van der Waals surface area contributed by atoms with E-state index in [9.17, 15) is 5.11 Å². The molecule has 0 radical (unpaired) electrons. The molecule has 3 N–H and O–H groups in total. The van der Waals surface area contributed by atoms with Gasteiger partial charge in [0.25, 0.3) is 0 Å². The zero-order chi connectivity index (χ0) is 28.1. The van der Waals surface area contributed by atoms with Crippen molar-refractivity contribution in [2.24, 2.45) is 0 Å². The van der Waals surface area contributed by atoms with Crippen LogP contribution in [0.3, 0.4) is 0 Å². The van der Waals surface area contributed by atoms with Gasteiger partial charge in [0.2, 0.25) is 0 Å². The lowest BCUT2D eigenvalue weighted by atomic mass is 9.88. The first kappa shape index (κ1) is 27.8. The van der Waals surface area contributed by atoms with E-state index in [0.717, 1.165) is 65.6 Å². The first-order valence-electron chi connectivity index (χ1n) is 14.2. The summed E-state index contributed by atoms with van der Waals surface area (Å²) < 4.78 is 12.0. The fraction of sp³-hybridized carbons (Fsp3) is 0.314. The number of aryl methyl sites for hydroxylation is 1. The molecule has 0 aliphatic carbocycles. The summed E-state index contributed by atoms with van der Waals surface area (Å²) in [5.41, 5.74) is 13.7. The summed E-state index contributed by atoms with van der Waals surface area (Å²) in [6, 6.07) is 29.0. The van der Waals surface area contributed by atoms with E-state index in [1.807, 2.05) is 69.3 Å². The molecule has 1 atom stereocenters. The Morgan fingerprint density at radius 3 is 2.08 bits per heavy atom. The van der Waals surface area contributed by atoms with E-state index in [4.69, 9.17) is 15.2 Å². The highest BCUT2D eigenvalue weighted by Crippen LogP contribution is 2.32. The van der Waals surface area contributed by atoms with Gasteiger partial charge in [-0.1, -0.05) is 54.6 Å². The summed E-state index contributed by atoms with van der Waals surface area (Å²) in [5.74, 6) is 3.06. The van der Waals surface area contributed by atoms with Crippen molar-refractivity contribution in [2.45, 2.75) is 45.6 Å². The number of nitrogens with zero attached hydrogens (tertiary/aromatic N) is 1. The van der Waals surface area contributed by atoms with Crippen molar-refractivity contribution in [2.75, 3.05) is 32.0 Å². The maximum absolute atomic E-state index is 10.7. The number of hydrogen-bond acceptors (Lipinski definition) is 5. The molecule has 1 heterocycles. The minimum absolute atomic E-state index is 0.284. The fourth-order valence-corrected chi connectivity index (χ4v) is 5.58. The number of hydrogen-bond donors (Lipinski definition) is 2. The van der Waals surface area contributed by atoms with Crippen LogP contribution >= 0.6 is 0 Å². The Kier molecular flexibility index (Phi) is 8.73. The van der Waals surface area contributed by atoms with Crippen LogP contribution in [-0.2, 0) is 0 Å². The molecule has 1 aliphatic rings. The Labute approximate surface area is 238 Å². The molecule has 0 aromatic heterocycles. The Morgan fingerprint density at radius 2 is 1.43 bits per heavy atom. The van der Waals surface area contributed by atoms with E-state index in [0.29, 0.717) is 12.5 Å². The lowest BCUT2D eigenvalue weighted by molar-refractivity contribution is 0.0590. The van der Waals surface area contributed by atoms with E-state index in [-0.39, 0.29) is 6.61 Å². The lowest BCUT2D eigenvalue weighted by Crippen LogP contribution is -2.40. The maximum Gasteiger partial charge on any atom is 0.127 e. The molecule has 5 nitrogen and oxygen atoms in total. The number of nitrogens with two attached hydrogens (primary N) is 1. The number of ether oxygens (including phenoxy) is 2. The van der Waals surface area contributed by atoms with Crippen LogP contribution in [0.4, 0.5) is 5.69 Å². The van der Waals surface area contributed by atoms with Gasteiger partial charge < -0.3 is 25.2 Å². The molecular formula is C35H40N2O3. The molecule has 0 saturated carbocycles. The smallest absolute Gasteiger partial charge is 0.127 e. The van der Waals surface area contributed by atoms with Gasteiger partial charge in [0, 0.05) is 12.2 Å². The van der Waals surface area contributed by atoms with E-state index >= 15 is 0 Å². The molecule has 5 heteroatoms. The second-order valence-corrected chi connectivity index (χ2v) is 11.0. The van der Waals surface area contributed by atoms with Gasteiger partial charge in [-0.25, -0.2) is 0 Å². The van der Waals surface area contributed by atoms with Crippen LogP contribution in [0.1, 0.15) is 41.0 Å². The monoisotopic (exact) mass is 536 g/mol. The van der Waals surface area contributed by atoms with Gasteiger partial charge in [-0.2, -0.15) is 0 Å². The Balaban J connectivity index is 1.09. The number of likely N-dealkylation sites (tertiary alicyclic amines) is 1. The number of rotatable bonds is 9. The number of aliphatic hydroxyl groups excluding tert-OH is 1. The van der Waals surface area contributed by atoms with Gasteiger partial charge in [-0.3, -0.25) is 0 Å². The molecule has 208 valence electrons. The number of piperidine rings is 1. The molecule has 1 saturated heterocycles. The first-order chi connectivity index (χ1) is 19.4. The maximum atomic E-state index is 10.7. The third-order valence-electron chi connectivity index (χ3n) is 8.09. The third kappa shape index (κ3) is 6.67. The molecular weight excluding hydrogens is 496 g/mol. The van der Waals surface area contributed by atoms with Crippen LogP contribution in [0.5, 0.6) is 17.2 Å². The van der Waals surface area contributed by atoms with Crippen molar-refractivity contribution in [1.29, 1.82) is 0 Å². The van der Waals surface area contributed by atoms with E-state index < -0.39 is 6.10 Å². The number of benzene rings is 4. The predicted octanol–water partition coefficient (Wildman–Crippen LogP) is 7.27. The van der Waals surface area contributed by atoms with Crippen LogP contribution < -0.4 is 15.2 Å². The third-order valence-corrected chi connectivity index (χ3v) is 8.09. The summed E-state index contributed by atoms with van der Waals surface area (Å²) in [5, 5.41) is 10.7. The lowest BCUT2D eigenvalue weighted by Gasteiger charge is -2.33. The Bertz CT molecular complexity index is 1390. The van der Waals surface area contributed by atoms with Crippen molar-refractivity contribution in [1.82, 2.24) is 4.90 Å². The fourth-order valence-electron chi connectivity index (χ4n) is 5.58. The molecule has 1 unspecified atom stereocenters. The standard InChI is InChI=1S/C35H40N2O3/c1-24-21-34(36)25(2)26(3)35(24)39-23-31(38)22-37-19-17-30(18-20-37)28-11-9-27(10-12-28)29-13-15-33(16-14-29)40-32-7-5-4-6-8-32/h4-16,21,30-31,38H,17-20,22-23,36H2,1-3H3. The van der Waals surface area contributed by atoms with Crippen molar-refractivity contribution < 1.29 is 14.6 Å². The highest BCUT2D eigenvalue weighted by Gasteiger charge is 2.23. The van der Waals surface area contributed by atoms with Crippen LogP contribution in [0.15, 0.2) is 84.9 Å². The van der Waals surface area contributed by atoms with Crippen molar-refractivity contribution in [3.63, 3.8) is 0 Å². The summed E-state index contributed by atoms with van der Waals surface area (Å²) in [6.07, 6.45) is 1.65. The molecule has 4 aromatic carbocycles. The van der Waals surface area contributed by atoms with E-state index in [2.05, 4.69) is 41.3 Å². The van der Waals surface area contributed by atoms with Gasteiger partial charge in [0.1, 0.15) is 30.0 Å². The quantitative estimate of drug-likeness (QED) is 0.220. The van der Waals surface area contributed by atoms with Gasteiger partial charge in [0.15, 0.2) is 0 Å². The van der Waals surface area contributed by atoms with Crippen molar-refractivity contribution in [3.05, 3.63) is 107 Å². The molecule has 0 bridgehead atoms. The van der Waals surface area contributed by atoms with E-state index in [1.54, 1.807) is 0 Å². The van der Waals surface area contributed by atoms with Crippen molar-refractivity contribution >= 4 is 5.69 Å². The van der Waals surface area contributed by atoms with Crippen LogP contribution in [-0.4, -0.2) is 42.4 Å². The molecule has 0 amide bonds. The normalized spacial score (nSPS) is 15.1. The molecule has 0 spiro atoms. The Hall–Kier alpha value is -3.80. The molecule has 1 aliphatic heterocycles. The second kappa shape index (κ2) is 12.6. The SMILES string of the molecule is Cc1cc(N)c(C)c(C)c1OCC(O)CN1CCC(c2ccc(-c3ccc(Oc4ccccc4)cc3)cc2)CC1. The average molecular weight is 537 g/mol. The average Bonchev–Trinajstić information content (AvgIpc) is 2.97. The van der Waals surface area contributed by atoms with Gasteiger partial charge in [0.05, 0.1) is 0 Å². The van der Waals surface area contributed by atoms with Gasteiger partial charge in [-0.15, -0.1) is 0 Å². The first-order valence-corrected chi connectivity index (χ1v) is 14.2.